The summed E-state index contributed by atoms with van der Waals surface area (Å²) < 4.78 is 1.85. The van der Waals surface area contributed by atoms with Gasteiger partial charge in [0.15, 0.2) is 0 Å². The highest BCUT2D eigenvalue weighted by Crippen LogP contribution is 2.19. The quantitative estimate of drug-likeness (QED) is 0.712. The molecule has 0 fully saturated rings. The summed E-state index contributed by atoms with van der Waals surface area (Å²) in [4.78, 5) is 11.3. The SMILES string of the molecule is CCCC(C)CC(C)CCn1sccc1=O. The molecule has 2 nitrogen and oxygen atoms in total. The first-order valence-electron chi connectivity index (χ1n) is 6.28. The molecule has 2 unspecified atom stereocenters. The molecular weight excluding hydrogens is 218 g/mol. The lowest BCUT2D eigenvalue weighted by atomic mass is 9.92. The van der Waals surface area contributed by atoms with Gasteiger partial charge in [-0.25, -0.2) is 0 Å². The second-order valence-corrected chi connectivity index (χ2v) is 5.80. The number of aryl methyl sites for hydroxylation is 1. The zero-order chi connectivity index (χ0) is 12.0. The fourth-order valence-electron chi connectivity index (χ4n) is 2.21. The Balaban J connectivity index is 2.27. The smallest absolute Gasteiger partial charge is 0.260 e. The van der Waals surface area contributed by atoms with Crippen molar-refractivity contribution in [3.8, 4) is 0 Å². The van der Waals surface area contributed by atoms with Crippen molar-refractivity contribution in [3.63, 3.8) is 0 Å². The normalized spacial score (nSPS) is 14.9. The molecule has 0 aliphatic heterocycles. The first kappa shape index (κ1) is 13.5. The zero-order valence-electron chi connectivity index (χ0n) is 10.6. The molecule has 0 aliphatic rings. The minimum Gasteiger partial charge on any atom is -0.268 e. The van der Waals surface area contributed by atoms with E-state index in [0.29, 0.717) is 0 Å². The summed E-state index contributed by atoms with van der Waals surface area (Å²) in [5.41, 5.74) is 0.152. The van der Waals surface area contributed by atoms with Crippen molar-refractivity contribution in [2.24, 2.45) is 11.8 Å². The van der Waals surface area contributed by atoms with Crippen molar-refractivity contribution < 1.29 is 0 Å². The highest BCUT2D eigenvalue weighted by atomic mass is 32.1. The lowest BCUT2D eigenvalue weighted by molar-refractivity contribution is 0.363. The number of rotatable bonds is 7. The largest absolute Gasteiger partial charge is 0.268 e. The number of nitrogens with zero attached hydrogens (tertiary/aromatic N) is 1. The lowest BCUT2D eigenvalue weighted by Gasteiger charge is -2.16. The van der Waals surface area contributed by atoms with E-state index >= 15 is 0 Å². The monoisotopic (exact) mass is 241 g/mol. The van der Waals surface area contributed by atoms with Crippen molar-refractivity contribution >= 4 is 11.5 Å². The summed E-state index contributed by atoms with van der Waals surface area (Å²) in [6.07, 6.45) is 5.00. The van der Waals surface area contributed by atoms with Gasteiger partial charge < -0.3 is 0 Å². The van der Waals surface area contributed by atoms with Gasteiger partial charge in [-0.2, -0.15) is 0 Å². The van der Waals surface area contributed by atoms with E-state index in [4.69, 9.17) is 0 Å². The maximum Gasteiger partial charge on any atom is 0.260 e. The molecule has 1 rings (SSSR count). The molecule has 1 heterocycles. The molecule has 0 radical (unpaired) electrons. The molecule has 3 heteroatoms. The Bertz CT molecular complexity index is 342. The molecule has 0 aliphatic carbocycles. The van der Waals surface area contributed by atoms with E-state index in [9.17, 15) is 4.79 Å². The molecule has 0 N–H and O–H groups in total. The van der Waals surface area contributed by atoms with Gasteiger partial charge in [-0.1, -0.05) is 45.1 Å². The van der Waals surface area contributed by atoms with Crippen LogP contribution in [0.25, 0.3) is 0 Å². The Labute approximate surface area is 102 Å². The molecule has 0 saturated carbocycles. The molecule has 0 saturated heterocycles. The molecule has 0 spiro atoms. The number of hydrogen-bond donors (Lipinski definition) is 0. The fraction of sp³-hybridized carbons (Fsp3) is 0.769. The minimum absolute atomic E-state index is 0.152. The van der Waals surface area contributed by atoms with E-state index in [1.165, 1.54) is 30.8 Å². The average Bonchev–Trinajstić information content (AvgIpc) is 2.61. The van der Waals surface area contributed by atoms with Crippen LogP contribution < -0.4 is 5.56 Å². The van der Waals surface area contributed by atoms with E-state index in [1.54, 1.807) is 6.07 Å². The van der Waals surface area contributed by atoms with Crippen molar-refractivity contribution in [1.82, 2.24) is 3.96 Å². The average molecular weight is 241 g/mol. The third kappa shape index (κ3) is 4.52. The second kappa shape index (κ2) is 6.89. The Morgan fingerprint density at radius 1 is 1.31 bits per heavy atom. The third-order valence-electron chi connectivity index (χ3n) is 3.06. The van der Waals surface area contributed by atoms with Gasteiger partial charge in [0.25, 0.3) is 5.56 Å². The van der Waals surface area contributed by atoms with Crippen LogP contribution in [0, 0.1) is 11.8 Å². The van der Waals surface area contributed by atoms with Gasteiger partial charge in [-0.05, 0) is 24.7 Å². The topological polar surface area (TPSA) is 22.0 Å². The third-order valence-corrected chi connectivity index (χ3v) is 3.93. The highest BCUT2D eigenvalue weighted by Gasteiger charge is 2.08. The van der Waals surface area contributed by atoms with E-state index in [2.05, 4.69) is 20.8 Å². The van der Waals surface area contributed by atoms with Gasteiger partial charge >= 0.3 is 0 Å². The maximum absolute atomic E-state index is 11.3. The summed E-state index contributed by atoms with van der Waals surface area (Å²) in [7, 11) is 0. The maximum atomic E-state index is 11.3. The number of aromatic nitrogens is 1. The molecule has 0 aromatic carbocycles. The Hall–Kier alpha value is -0.570. The Kier molecular flexibility index (Phi) is 5.81. The van der Waals surface area contributed by atoms with Gasteiger partial charge in [0.05, 0.1) is 0 Å². The molecule has 92 valence electrons. The number of hydrogen-bond acceptors (Lipinski definition) is 2. The zero-order valence-corrected chi connectivity index (χ0v) is 11.4. The van der Waals surface area contributed by atoms with Crippen LogP contribution in [-0.2, 0) is 6.54 Å². The molecule has 0 bridgehead atoms. The van der Waals surface area contributed by atoms with E-state index in [0.717, 1.165) is 24.8 Å². The molecular formula is C13H23NOS. The van der Waals surface area contributed by atoms with Gasteiger partial charge in [-0.3, -0.25) is 8.75 Å². The second-order valence-electron chi connectivity index (χ2n) is 4.87. The summed E-state index contributed by atoms with van der Waals surface area (Å²) in [6.45, 7) is 7.75. The van der Waals surface area contributed by atoms with Crippen LogP contribution in [0.5, 0.6) is 0 Å². The lowest BCUT2D eigenvalue weighted by Crippen LogP contribution is -2.14. The van der Waals surface area contributed by atoms with Gasteiger partial charge in [0, 0.05) is 18.0 Å². The summed E-state index contributed by atoms with van der Waals surface area (Å²) in [5.74, 6) is 1.54. The van der Waals surface area contributed by atoms with Crippen LogP contribution in [0.4, 0.5) is 0 Å². The van der Waals surface area contributed by atoms with Gasteiger partial charge in [0.2, 0.25) is 0 Å². The first-order chi connectivity index (χ1) is 7.63. The summed E-state index contributed by atoms with van der Waals surface area (Å²) >= 11 is 1.52. The van der Waals surface area contributed by atoms with Crippen LogP contribution in [0.1, 0.15) is 46.5 Å². The van der Waals surface area contributed by atoms with Crippen LogP contribution >= 0.6 is 11.5 Å². The Morgan fingerprint density at radius 3 is 2.56 bits per heavy atom. The van der Waals surface area contributed by atoms with Crippen LogP contribution in [-0.4, -0.2) is 3.96 Å². The van der Waals surface area contributed by atoms with Crippen LogP contribution in [0.3, 0.4) is 0 Å². The molecule has 1 aromatic heterocycles. The van der Waals surface area contributed by atoms with Gasteiger partial charge in [0.1, 0.15) is 0 Å². The van der Waals surface area contributed by atoms with E-state index in [1.807, 2.05) is 9.34 Å². The minimum atomic E-state index is 0.152. The fourth-order valence-corrected chi connectivity index (χ4v) is 2.91. The summed E-state index contributed by atoms with van der Waals surface area (Å²) in [5, 5.41) is 1.87. The van der Waals surface area contributed by atoms with Gasteiger partial charge in [-0.15, -0.1) is 0 Å². The standard InChI is InChI=1S/C13H23NOS/c1-4-5-11(2)10-12(3)6-8-14-13(15)7-9-16-14/h7,9,11-12H,4-6,8,10H2,1-3H3. The van der Waals surface area contributed by atoms with Crippen molar-refractivity contribution in [2.75, 3.05) is 0 Å². The molecule has 1 aromatic rings. The molecule has 2 atom stereocenters. The molecule has 16 heavy (non-hydrogen) atoms. The Morgan fingerprint density at radius 2 is 2.00 bits per heavy atom. The highest BCUT2D eigenvalue weighted by molar-refractivity contribution is 7.04. The van der Waals surface area contributed by atoms with Crippen molar-refractivity contribution in [1.29, 1.82) is 0 Å². The van der Waals surface area contributed by atoms with E-state index in [-0.39, 0.29) is 5.56 Å². The predicted molar refractivity (Wildman–Crippen MR) is 71.0 cm³/mol. The van der Waals surface area contributed by atoms with Crippen molar-refractivity contribution in [2.45, 2.75) is 53.0 Å². The first-order valence-corrected chi connectivity index (χ1v) is 7.12. The van der Waals surface area contributed by atoms with Crippen LogP contribution in [0.2, 0.25) is 0 Å². The van der Waals surface area contributed by atoms with Crippen LogP contribution in [0.15, 0.2) is 16.2 Å². The molecule has 0 amide bonds. The van der Waals surface area contributed by atoms with E-state index < -0.39 is 0 Å². The predicted octanol–water partition coefficient (Wildman–Crippen LogP) is 3.76. The van der Waals surface area contributed by atoms with Crippen molar-refractivity contribution in [3.05, 3.63) is 21.8 Å². The summed E-state index contributed by atoms with van der Waals surface area (Å²) in [6, 6.07) is 1.65.